The van der Waals surface area contributed by atoms with Crippen LogP contribution in [0.5, 0.6) is 5.88 Å². The van der Waals surface area contributed by atoms with Gasteiger partial charge in [0.2, 0.25) is 11.8 Å². The molecule has 0 unspecified atom stereocenters. The van der Waals surface area contributed by atoms with E-state index in [2.05, 4.69) is 21.9 Å². The molecule has 0 saturated heterocycles. The maximum Gasteiger partial charge on any atom is 0.247 e. The summed E-state index contributed by atoms with van der Waals surface area (Å²) in [7, 11) is 0. The Balaban J connectivity index is 2.14. The van der Waals surface area contributed by atoms with E-state index in [0.717, 1.165) is 19.3 Å². The van der Waals surface area contributed by atoms with Gasteiger partial charge in [0, 0.05) is 6.54 Å². The minimum atomic E-state index is -0.310. The average molecular weight is 295 g/mol. The molecule has 2 aromatic rings. The highest BCUT2D eigenvalue weighted by molar-refractivity contribution is 5.77. The number of rotatable bonds is 9. The number of aliphatic hydroxyl groups excluding tert-OH is 1. The van der Waals surface area contributed by atoms with E-state index in [0.29, 0.717) is 36.8 Å². The van der Waals surface area contributed by atoms with E-state index in [1.807, 2.05) is 0 Å². The summed E-state index contributed by atoms with van der Waals surface area (Å²) in [6.07, 6.45) is 4.84. The quantitative estimate of drug-likeness (QED) is 0.523. The van der Waals surface area contributed by atoms with Crippen LogP contribution >= 0.6 is 0 Å². The summed E-state index contributed by atoms with van der Waals surface area (Å²) in [6.45, 7) is 3.29. The molecule has 3 N–H and O–H groups in total. The Morgan fingerprint density at radius 2 is 2.14 bits per heavy atom. The highest BCUT2D eigenvalue weighted by Crippen LogP contribution is 2.22. The van der Waals surface area contributed by atoms with Crippen molar-refractivity contribution in [2.45, 2.75) is 32.7 Å². The number of ether oxygens (including phenoxy) is 2. The van der Waals surface area contributed by atoms with Crippen LogP contribution in [0, 0.1) is 0 Å². The van der Waals surface area contributed by atoms with Crippen LogP contribution in [0.15, 0.2) is 6.33 Å². The lowest BCUT2D eigenvalue weighted by Gasteiger charge is -2.07. The van der Waals surface area contributed by atoms with Crippen LogP contribution in [0.2, 0.25) is 0 Å². The Morgan fingerprint density at radius 3 is 2.90 bits per heavy atom. The number of anilines is 1. The molecule has 0 amide bonds. The van der Waals surface area contributed by atoms with Gasteiger partial charge in [0.25, 0.3) is 0 Å². The van der Waals surface area contributed by atoms with Crippen molar-refractivity contribution in [3.8, 4) is 5.88 Å². The molecule has 0 spiro atoms. The van der Waals surface area contributed by atoms with Crippen LogP contribution in [0.4, 0.5) is 5.95 Å². The smallest absolute Gasteiger partial charge is 0.247 e. The first kappa shape index (κ1) is 15.5. The number of aromatic nitrogens is 4. The Labute approximate surface area is 122 Å². The molecule has 0 radical (unpaired) electrons. The molecule has 8 heteroatoms. The normalized spacial score (nSPS) is 11.1. The number of nitrogen functional groups attached to an aromatic ring is 1. The van der Waals surface area contributed by atoms with E-state index >= 15 is 0 Å². The van der Waals surface area contributed by atoms with Gasteiger partial charge in [-0.2, -0.15) is 9.97 Å². The number of hydrogen-bond donors (Lipinski definition) is 2. The number of imidazole rings is 1. The van der Waals surface area contributed by atoms with Gasteiger partial charge in [-0.05, 0) is 6.42 Å². The van der Waals surface area contributed by atoms with Crippen LogP contribution in [0.25, 0.3) is 11.2 Å². The standard InChI is InChI=1S/C13H21N5O3/c1-2-3-4-6-21-12-10-11(16-13(14)17-12)18(8-15-10)5-7-20-9-19/h8,19H,2-7,9H2,1H3,(H2,14,16,17). The molecule has 0 aliphatic carbocycles. The van der Waals surface area contributed by atoms with Gasteiger partial charge in [0.15, 0.2) is 11.2 Å². The van der Waals surface area contributed by atoms with E-state index in [1.165, 1.54) is 0 Å². The Hall–Kier alpha value is -1.93. The molecular formula is C13H21N5O3. The van der Waals surface area contributed by atoms with Gasteiger partial charge >= 0.3 is 0 Å². The second-order valence-corrected chi connectivity index (χ2v) is 4.59. The van der Waals surface area contributed by atoms with Crippen molar-refractivity contribution in [2.24, 2.45) is 0 Å². The molecule has 0 aliphatic heterocycles. The lowest BCUT2D eigenvalue weighted by molar-refractivity contribution is -0.00432. The van der Waals surface area contributed by atoms with E-state index in [4.69, 9.17) is 20.3 Å². The fourth-order valence-corrected chi connectivity index (χ4v) is 1.95. The highest BCUT2D eigenvalue weighted by Gasteiger charge is 2.13. The summed E-state index contributed by atoms with van der Waals surface area (Å²) in [6, 6.07) is 0. The molecule has 21 heavy (non-hydrogen) atoms. The Kier molecular flexibility index (Phi) is 5.70. The monoisotopic (exact) mass is 295 g/mol. The summed E-state index contributed by atoms with van der Waals surface area (Å²) < 4.78 is 12.4. The molecule has 8 nitrogen and oxygen atoms in total. The maximum absolute atomic E-state index is 8.62. The number of nitrogens with zero attached hydrogens (tertiary/aromatic N) is 4. The van der Waals surface area contributed by atoms with Crippen LogP contribution in [-0.4, -0.2) is 44.6 Å². The number of aliphatic hydroxyl groups is 1. The third kappa shape index (κ3) is 4.02. The maximum atomic E-state index is 8.62. The van der Waals surface area contributed by atoms with Crippen LogP contribution in [0.1, 0.15) is 26.2 Å². The fourth-order valence-electron chi connectivity index (χ4n) is 1.95. The summed E-state index contributed by atoms with van der Waals surface area (Å²) in [4.78, 5) is 12.6. The SMILES string of the molecule is CCCCCOc1nc(N)nc2c1ncn2CCOCO. The van der Waals surface area contributed by atoms with Crippen molar-refractivity contribution in [3.05, 3.63) is 6.33 Å². The number of unbranched alkanes of at least 4 members (excludes halogenated alkanes) is 2. The van der Waals surface area contributed by atoms with Crippen LogP contribution in [-0.2, 0) is 11.3 Å². The molecule has 2 rings (SSSR count). The number of nitrogens with two attached hydrogens (primary N) is 1. The average Bonchev–Trinajstić information content (AvgIpc) is 2.87. The summed E-state index contributed by atoms with van der Waals surface area (Å²) in [5.74, 6) is 0.563. The van der Waals surface area contributed by atoms with Gasteiger partial charge < -0.3 is 24.9 Å². The number of fused-ring (bicyclic) bond motifs is 1. The summed E-state index contributed by atoms with van der Waals surface area (Å²) >= 11 is 0. The molecule has 116 valence electrons. The van der Waals surface area contributed by atoms with Gasteiger partial charge in [-0.15, -0.1) is 0 Å². The predicted octanol–water partition coefficient (Wildman–Crippen LogP) is 0.944. The van der Waals surface area contributed by atoms with Crippen molar-refractivity contribution in [3.63, 3.8) is 0 Å². The lowest BCUT2D eigenvalue weighted by atomic mass is 10.3. The molecule has 2 aromatic heterocycles. The number of hydrogen-bond acceptors (Lipinski definition) is 7. The third-order valence-corrected chi connectivity index (χ3v) is 3.00. The Morgan fingerprint density at radius 1 is 1.29 bits per heavy atom. The van der Waals surface area contributed by atoms with Crippen LogP contribution < -0.4 is 10.5 Å². The molecule has 0 fully saturated rings. The van der Waals surface area contributed by atoms with Crippen molar-refractivity contribution >= 4 is 17.1 Å². The third-order valence-electron chi connectivity index (χ3n) is 3.00. The van der Waals surface area contributed by atoms with Crippen molar-refractivity contribution < 1.29 is 14.6 Å². The van der Waals surface area contributed by atoms with Crippen molar-refractivity contribution in [1.82, 2.24) is 19.5 Å². The van der Waals surface area contributed by atoms with Crippen molar-refractivity contribution in [1.29, 1.82) is 0 Å². The minimum absolute atomic E-state index is 0.151. The van der Waals surface area contributed by atoms with Gasteiger partial charge in [0.05, 0.1) is 19.5 Å². The fraction of sp³-hybridized carbons (Fsp3) is 0.615. The van der Waals surface area contributed by atoms with Gasteiger partial charge in [-0.25, -0.2) is 4.98 Å². The predicted molar refractivity (Wildman–Crippen MR) is 77.8 cm³/mol. The van der Waals surface area contributed by atoms with Gasteiger partial charge in [-0.3, -0.25) is 0 Å². The second-order valence-electron chi connectivity index (χ2n) is 4.59. The zero-order valence-electron chi connectivity index (χ0n) is 12.2. The Bertz CT molecular complexity index is 572. The molecule has 0 aromatic carbocycles. The van der Waals surface area contributed by atoms with E-state index in [-0.39, 0.29) is 12.7 Å². The summed E-state index contributed by atoms with van der Waals surface area (Å²) in [5, 5.41) is 8.62. The first-order valence-corrected chi connectivity index (χ1v) is 7.06. The second kappa shape index (κ2) is 7.75. The first-order valence-electron chi connectivity index (χ1n) is 7.06. The first-order chi connectivity index (χ1) is 10.3. The van der Waals surface area contributed by atoms with Crippen LogP contribution in [0.3, 0.4) is 0 Å². The minimum Gasteiger partial charge on any atom is -0.476 e. The van der Waals surface area contributed by atoms with Crippen molar-refractivity contribution in [2.75, 3.05) is 25.7 Å². The zero-order chi connectivity index (χ0) is 15.1. The van der Waals surface area contributed by atoms with Gasteiger partial charge in [-0.1, -0.05) is 19.8 Å². The molecular weight excluding hydrogens is 274 g/mol. The van der Waals surface area contributed by atoms with E-state index in [9.17, 15) is 0 Å². The van der Waals surface area contributed by atoms with E-state index in [1.54, 1.807) is 10.9 Å². The molecule has 0 bridgehead atoms. The topological polar surface area (TPSA) is 108 Å². The molecule has 0 aliphatic rings. The lowest BCUT2D eigenvalue weighted by Crippen LogP contribution is -2.08. The zero-order valence-corrected chi connectivity index (χ0v) is 12.2. The van der Waals surface area contributed by atoms with E-state index < -0.39 is 0 Å². The summed E-state index contributed by atoms with van der Waals surface area (Å²) in [5.41, 5.74) is 6.92. The molecule has 0 saturated carbocycles. The largest absolute Gasteiger partial charge is 0.476 e. The highest BCUT2D eigenvalue weighted by atomic mass is 16.6. The van der Waals surface area contributed by atoms with Gasteiger partial charge in [0.1, 0.15) is 6.79 Å². The molecule has 0 atom stereocenters. The molecule has 2 heterocycles.